The van der Waals surface area contributed by atoms with E-state index in [2.05, 4.69) is 10.00 Å². The van der Waals surface area contributed by atoms with Crippen molar-refractivity contribution >= 4 is 17.4 Å². The van der Waals surface area contributed by atoms with Gasteiger partial charge in [0.2, 0.25) is 5.91 Å². The van der Waals surface area contributed by atoms with Gasteiger partial charge < -0.3 is 20.5 Å². The quantitative estimate of drug-likeness (QED) is 0.633. The fourth-order valence-corrected chi connectivity index (χ4v) is 6.00. The number of halogens is 2. The number of hydrogen-bond donors (Lipinski definition) is 2. The van der Waals surface area contributed by atoms with Crippen LogP contribution in [0.5, 0.6) is 0 Å². The number of ether oxygens (including phenoxy) is 1. The predicted molar refractivity (Wildman–Crippen MR) is 127 cm³/mol. The Balaban J connectivity index is 1.28. The maximum absolute atomic E-state index is 14.1. The largest absolute Gasteiger partial charge is 0.396 e. The number of aliphatic hydroxyl groups is 1. The second-order valence-corrected chi connectivity index (χ2v) is 10.3. The lowest BCUT2D eigenvalue weighted by Crippen LogP contribution is -2.46. The first-order chi connectivity index (χ1) is 17.4. The Labute approximate surface area is 207 Å². The Morgan fingerprint density at radius 1 is 1.17 bits per heavy atom. The minimum Gasteiger partial charge on any atom is -0.396 e. The van der Waals surface area contributed by atoms with E-state index < -0.39 is 12.3 Å². The Bertz CT molecular complexity index is 1110. The number of morpholine rings is 1. The highest BCUT2D eigenvalue weighted by atomic mass is 19.3. The Morgan fingerprint density at radius 3 is 2.53 bits per heavy atom. The van der Waals surface area contributed by atoms with Crippen LogP contribution in [0.4, 0.5) is 14.5 Å². The fraction of sp³-hybridized carbons (Fsp3) is 0.625. The third-order valence-electron chi connectivity index (χ3n) is 7.98. The predicted octanol–water partition coefficient (Wildman–Crippen LogP) is 2.07. The zero-order valence-corrected chi connectivity index (χ0v) is 20.0. The highest BCUT2D eigenvalue weighted by Gasteiger charge is 2.40. The number of anilines is 1. The molecule has 5 aliphatic rings. The van der Waals surface area contributed by atoms with Gasteiger partial charge in [-0.2, -0.15) is 5.10 Å². The molecule has 0 radical (unpaired) electrons. The number of amides is 1. The number of alkyl halides is 2. The lowest BCUT2D eigenvalue weighted by molar-refractivity contribution is -0.114. The molecule has 1 aromatic heterocycles. The highest BCUT2D eigenvalue weighted by Crippen LogP contribution is 2.40. The van der Waals surface area contributed by atoms with Gasteiger partial charge in [-0.3, -0.25) is 14.5 Å². The lowest BCUT2D eigenvalue weighted by atomic mass is 9.87. The molecular weight excluding hydrogens is 472 g/mol. The van der Waals surface area contributed by atoms with Crippen LogP contribution in [0.1, 0.15) is 56.7 Å². The van der Waals surface area contributed by atoms with Gasteiger partial charge in [-0.15, -0.1) is 0 Å². The summed E-state index contributed by atoms with van der Waals surface area (Å²) in [5.41, 5.74) is 5.87. The van der Waals surface area contributed by atoms with E-state index in [0.717, 1.165) is 51.6 Å². The normalized spacial score (nSPS) is 29.9. The summed E-state index contributed by atoms with van der Waals surface area (Å²) in [7, 11) is 0. The minimum absolute atomic E-state index is 0.0112. The topological polar surface area (TPSA) is 112 Å². The molecule has 1 saturated carbocycles. The summed E-state index contributed by atoms with van der Waals surface area (Å²) in [5.74, 6) is 0.690. The molecule has 1 aromatic rings. The van der Waals surface area contributed by atoms with E-state index in [1.54, 1.807) is 27.1 Å². The van der Waals surface area contributed by atoms with Crippen molar-refractivity contribution in [1.82, 2.24) is 19.7 Å². The van der Waals surface area contributed by atoms with E-state index in [4.69, 9.17) is 15.5 Å². The van der Waals surface area contributed by atoms with Gasteiger partial charge in [-0.1, -0.05) is 0 Å². The van der Waals surface area contributed by atoms with Crippen molar-refractivity contribution in [2.45, 2.75) is 63.2 Å². The summed E-state index contributed by atoms with van der Waals surface area (Å²) in [6.45, 7) is 1.63. The van der Waals surface area contributed by atoms with Gasteiger partial charge in [0.05, 0.1) is 36.6 Å². The Hall–Kier alpha value is -2.99. The summed E-state index contributed by atoms with van der Waals surface area (Å²) in [5, 5.41) is 16.9. The van der Waals surface area contributed by atoms with Crippen LogP contribution in [0.15, 0.2) is 34.9 Å². The van der Waals surface area contributed by atoms with Crippen LogP contribution in [0, 0.1) is 5.92 Å². The molecular formula is C24H31F2N7O3. The molecule has 4 aliphatic heterocycles. The molecule has 6 rings (SSSR count). The molecule has 1 amide bonds. The van der Waals surface area contributed by atoms with Crippen LogP contribution in [0.25, 0.3) is 0 Å². The summed E-state index contributed by atoms with van der Waals surface area (Å²) >= 11 is 0. The summed E-state index contributed by atoms with van der Waals surface area (Å²) in [6, 6.07) is -0.0112. The van der Waals surface area contributed by atoms with Crippen LogP contribution in [-0.2, 0) is 9.53 Å². The number of hydrazine groups is 1. The van der Waals surface area contributed by atoms with E-state index in [1.165, 1.54) is 0 Å². The fourth-order valence-electron chi connectivity index (χ4n) is 6.00. The zero-order valence-electron chi connectivity index (χ0n) is 20.0. The van der Waals surface area contributed by atoms with Crippen LogP contribution >= 0.6 is 0 Å². The molecule has 10 nitrogen and oxygen atoms in total. The summed E-state index contributed by atoms with van der Waals surface area (Å²) in [6.07, 6.45) is 8.04. The molecule has 2 bridgehead atoms. The molecule has 194 valence electrons. The lowest BCUT2D eigenvalue weighted by Gasteiger charge is -2.36. The van der Waals surface area contributed by atoms with Gasteiger partial charge in [0, 0.05) is 25.9 Å². The number of fused-ring (bicyclic) bond motifs is 3. The number of nitrogens with two attached hydrogens (primary N) is 1. The molecule has 2 saturated heterocycles. The SMILES string of the molecule is NC(=O)C1=C2N=C(N3C[C@H]4CC[C@@H](C3)O4)C=CN2N(c2cn(C3CCC(CO)CC3)nc2C(F)F)C1. The number of amidine groups is 1. The van der Waals surface area contributed by atoms with E-state index in [1.807, 2.05) is 6.08 Å². The number of carbonyl (C=O) groups is 1. The van der Waals surface area contributed by atoms with Gasteiger partial charge in [-0.05, 0) is 50.5 Å². The third-order valence-corrected chi connectivity index (χ3v) is 7.98. The Morgan fingerprint density at radius 2 is 1.89 bits per heavy atom. The average Bonchev–Trinajstić information content (AvgIpc) is 3.58. The number of aliphatic imine (C=N–C) groups is 1. The maximum atomic E-state index is 14.1. The monoisotopic (exact) mass is 503 g/mol. The van der Waals surface area contributed by atoms with Crippen molar-refractivity contribution in [1.29, 1.82) is 0 Å². The second-order valence-electron chi connectivity index (χ2n) is 10.3. The van der Waals surface area contributed by atoms with Crippen molar-refractivity contribution in [2.24, 2.45) is 16.6 Å². The number of nitrogens with zero attached hydrogens (tertiary/aromatic N) is 6. The molecule has 12 heteroatoms. The summed E-state index contributed by atoms with van der Waals surface area (Å²) in [4.78, 5) is 19.3. The van der Waals surface area contributed by atoms with Crippen LogP contribution in [-0.4, -0.2) is 75.0 Å². The van der Waals surface area contributed by atoms with Crippen molar-refractivity contribution in [3.63, 3.8) is 0 Å². The summed E-state index contributed by atoms with van der Waals surface area (Å²) < 4.78 is 35.8. The second kappa shape index (κ2) is 9.15. The average molecular weight is 504 g/mol. The van der Waals surface area contributed by atoms with E-state index in [0.29, 0.717) is 11.7 Å². The molecule has 0 unspecified atom stereocenters. The zero-order chi connectivity index (χ0) is 25.0. The Kier molecular flexibility index (Phi) is 5.95. The standard InChI is InChI=1S/C24H31F2N7O3/c25-22(26)21-19(12-31(29-21)15-3-1-14(13-34)2-4-15)33-11-18(23(27)35)24-28-20(7-8-32(24)33)30-9-16-5-6-17(10-30)36-16/h7-8,12,14-17,22,34H,1-6,9-11,13H2,(H2,27,35)/t14?,15?,16-,17+. The van der Waals surface area contributed by atoms with Gasteiger partial charge in [0.15, 0.2) is 11.5 Å². The van der Waals surface area contributed by atoms with Gasteiger partial charge in [-0.25, -0.2) is 18.8 Å². The highest BCUT2D eigenvalue weighted by molar-refractivity contribution is 5.99. The van der Waals surface area contributed by atoms with Crippen LogP contribution in [0.3, 0.4) is 0 Å². The first-order valence-corrected chi connectivity index (χ1v) is 12.7. The molecule has 2 atom stereocenters. The minimum atomic E-state index is -2.78. The van der Waals surface area contributed by atoms with Crippen molar-refractivity contribution in [3.05, 3.63) is 35.6 Å². The van der Waals surface area contributed by atoms with Gasteiger partial charge in [0.1, 0.15) is 11.5 Å². The van der Waals surface area contributed by atoms with E-state index >= 15 is 0 Å². The molecule has 0 spiro atoms. The molecule has 5 heterocycles. The number of primary amides is 1. The van der Waals surface area contributed by atoms with Crippen molar-refractivity contribution < 1.29 is 23.4 Å². The molecule has 0 aromatic carbocycles. The molecule has 3 fully saturated rings. The molecule has 36 heavy (non-hydrogen) atoms. The number of likely N-dealkylation sites (tertiary alicyclic amines) is 1. The van der Waals surface area contributed by atoms with E-state index in [9.17, 15) is 18.7 Å². The third kappa shape index (κ3) is 4.05. The maximum Gasteiger partial charge on any atom is 0.284 e. The van der Waals surface area contributed by atoms with Crippen LogP contribution in [0.2, 0.25) is 0 Å². The van der Waals surface area contributed by atoms with Crippen LogP contribution < -0.4 is 10.7 Å². The number of rotatable bonds is 5. The number of aliphatic hydroxyl groups excluding tert-OH is 1. The van der Waals surface area contributed by atoms with Crippen molar-refractivity contribution in [3.8, 4) is 0 Å². The first-order valence-electron chi connectivity index (χ1n) is 12.7. The molecule has 3 N–H and O–H groups in total. The first kappa shape index (κ1) is 23.4. The van der Waals surface area contributed by atoms with Gasteiger partial charge >= 0.3 is 0 Å². The van der Waals surface area contributed by atoms with E-state index in [-0.39, 0.29) is 54.3 Å². The number of hydrogen-bond acceptors (Lipinski definition) is 8. The smallest absolute Gasteiger partial charge is 0.284 e. The number of carbonyl (C=O) groups excluding carboxylic acids is 1. The molecule has 1 aliphatic carbocycles. The van der Waals surface area contributed by atoms with Gasteiger partial charge in [0.25, 0.3) is 6.43 Å². The van der Waals surface area contributed by atoms with Crippen molar-refractivity contribution in [2.75, 3.05) is 31.3 Å². The number of aromatic nitrogens is 2.